The Balaban J connectivity index is 2.48. The van der Waals surface area contributed by atoms with Crippen molar-refractivity contribution in [2.75, 3.05) is 20.3 Å². The van der Waals surface area contributed by atoms with Gasteiger partial charge in [0.2, 0.25) is 11.8 Å². The Hall–Kier alpha value is -2.34. The summed E-state index contributed by atoms with van der Waals surface area (Å²) in [4.78, 5) is 23.2. The van der Waals surface area contributed by atoms with E-state index in [9.17, 15) is 9.59 Å². The highest BCUT2D eigenvalue weighted by Crippen LogP contribution is 2.12. The Kier molecular flexibility index (Phi) is 6.97. The van der Waals surface area contributed by atoms with E-state index in [1.807, 2.05) is 12.1 Å². The van der Waals surface area contributed by atoms with E-state index in [2.05, 4.69) is 10.6 Å². The summed E-state index contributed by atoms with van der Waals surface area (Å²) in [6.45, 7) is 1.61. The Labute approximate surface area is 123 Å². The molecule has 1 aromatic carbocycles. The van der Waals surface area contributed by atoms with Crippen molar-refractivity contribution in [2.45, 2.75) is 13.0 Å². The molecule has 0 radical (unpaired) electrons. The monoisotopic (exact) mass is 292 g/mol. The lowest BCUT2D eigenvalue weighted by Crippen LogP contribution is -2.45. The molecule has 0 saturated heterocycles. The molecule has 0 saturated carbocycles. The number of methoxy groups -OCH3 is 1. The summed E-state index contributed by atoms with van der Waals surface area (Å²) >= 11 is 0. The molecule has 0 aromatic heterocycles. The van der Waals surface area contributed by atoms with Crippen LogP contribution in [0.5, 0.6) is 5.75 Å². The number of nitrogens with one attached hydrogen (secondary N) is 2. The zero-order chi connectivity index (χ0) is 15.7. The van der Waals surface area contributed by atoms with E-state index in [1.165, 1.54) is 6.08 Å². The maximum absolute atomic E-state index is 11.7. The second-order valence-corrected chi connectivity index (χ2v) is 4.35. The van der Waals surface area contributed by atoms with Gasteiger partial charge in [0.25, 0.3) is 0 Å². The van der Waals surface area contributed by atoms with E-state index in [-0.39, 0.29) is 25.0 Å². The van der Waals surface area contributed by atoms with Crippen molar-refractivity contribution in [2.24, 2.45) is 0 Å². The molecule has 0 aliphatic rings. The van der Waals surface area contributed by atoms with Crippen LogP contribution in [0.2, 0.25) is 0 Å². The highest BCUT2D eigenvalue weighted by molar-refractivity contribution is 5.95. The van der Waals surface area contributed by atoms with Crippen LogP contribution in [0.15, 0.2) is 30.3 Å². The van der Waals surface area contributed by atoms with Gasteiger partial charge in [0.05, 0.1) is 13.7 Å². The minimum atomic E-state index is -0.662. The van der Waals surface area contributed by atoms with Gasteiger partial charge in [-0.3, -0.25) is 9.59 Å². The van der Waals surface area contributed by atoms with Crippen LogP contribution in [0.25, 0.3) is 6.08 Å². The summed E-state index contributed by atoms with van der Waals surface area (Å²) in [5, 5.41) is 13.6. The quantitative estimate of drug-likeness (QED) is 0.632. The highest BCUT2D eigenvalue weighted by Gasteiger charge is 2.13. The number of carbonyl (C=O) groups excluding carboxylic acids is 2. The van der Waals surface area contributed by atoms with E-state index in [0.29, 0.717) is 0 Å². The fourth-order valence-corrected chi connectivity index (χ4v) is 1.55. The first-order chi connectivity index (χ1) is 10.1. The zero-order valence-corrected chi connectivity index (χ0v) is 12.1. The summed E-state index contributed by atoms with van der Waals surface area (Å²) in [7, 11) is 1.58. The van der Waals surface area contributed by atoms with E-state index in [4.69, 9.17) is 9.84 Å². The van der Waals surface area contributed by atoms with Gasteiger partial charge in [-0.1, -0.05) is 12.1 Å². The lowest BCUT2D eigenvalue weighted by atomic mass is 10.2. The second-order valence-electron chi connectivity index (χ2n) is 4.35. The SMILES string of the molecule is COc1ccc(/C=C/C(=O)NC(C)C(=O)NCCO)cc1. The van der Waals surface area contributed by atoms with Crippen LogP contribution in [0, 0.1) is 0 Å². The smallest absolute Gasteiger partial charge is 0.244 e. The van der Waals surface area contributed by atoms with Gasteiger partial charge in [0.15, 0.2) is 0 Å². The van der Waals surface area contributed by atoms with Crippen LogP contribution in [-0.4, -0.2) is 43.2 Å². The van der Waals surface area contributed by atoms with Crippen LogP contribution in [-0.2, 0) is 9.59 Å². The van der Waals surface area contributed by atoms with Crippen LogP contribution >= 0.6 is 0 Å². The molecule has 1 unspecified atom stereocenters. The minimum absolute atomic E-state index is 0.135. The van der Waals surface area contributed by atoms with E-state index in [0.717, 1.165) is 11.3 Å². The Morgan fingerprint density at radius 1 is 1.33 bits per heavy atom. The normalized spacial score (nSPS) is 12.0. The average molecular weight is 292 g/mol. The number of hydrogen-bond acceptors (Lipinski definition) is 4. The van der Waals surface area contributed by atoms with Crippen molar-refractivity contribution < 1.29 is 19.4 Å². The molecule has 21 heavy (non-hydrogen) atoms. The third-order valence-corrected chi connectivity index (χ3v) is 2.71. The van der Waals surface area contributed by atoms with Crippen molar-refractivity contribution in [3.8, 4) is 5.75 Å². The Morgan fingerprint density at radius 2 is 2.00 bits per heavy atom. The van der Waals surface area contributed by atoms with Gasteiger partial charge >= 0.3 is 0 Å². The van der Waals surface area contributed by atoms with Crippen molar-refractivity contribution in [1.29, 1.82) is 0 Å². The molecule has 6 heteroatoms. The summed E-state index contributed by atoms with van der Waals surface area (Å²) in [5.74, 6) is 0.0403. The molecule has 1 rings (SSSR count). The molecular weight excluding hydrogens is 272 g/mol. The molecule has 1 aromatic rings. The topological polar surface area (TPSA) is 87.7 Å². The number of amides is 2. The largest absolute Gasteiger partial charge is 0.497 e. The third-order valence-electron chi connectivity index (χ3n) is 2.71. The van der Waals surface area contributed by atoms with Crippen LogP contribution in [0.4, 0.5) is 0 Å². The molecule has 0 bridgehead atoms. The predicted octanol–water partition coefficient (Wildman–Crippen LogP) is 0.322. The first kappa shape index (κ1) is 16.7. The summed E-state index contributed by atoms with van der Waals surface area (Å²) < 4.78 is 5.04. The number of ether oxygens (including phenoxy) is 1. The zero-order valence-electron chi connectivity index (χ0n) is 12.1. The lowest BCUT2D eigenvalue weighted by molar-refractivity contribution is -0.126. The fourth-order valence-electron chi connectivity index (χ4n) is 1.55. The molecule has 2 amide bonds. The fraction of sp³-hybridized carbons (Fsp3) is 0.333. The Bertz CT molecular complexity index is 497. The molecule has 1 atom stereocenters. The van der Waals surface area contributed by atoms with Gasteiger partial charge in [-0.15, -0.1) is 0 Å². The van der Waals surface area contributed by atoms with Crippen LogP contribution in [0.3, 0.4) is 0 Å². The number of benzene rings is 1. The van der Waals surface area contributed by atoms with Gasteiger partial charge in [-0.05, 0) is 30.7 Å². The van der Waals surface area contributed by atoms with Gasteiger partial charge in [-0.25, -0.2) is 0 Å². The summed E-state index contributed by atoms with van der Waals surface area (Å²) in [5.41, 5.74) is 0.850. The van der Waals surface area contributed by atoms with E-state index < -0.39 is 6.04 Å². The predicted molar refractivity (Wildman–Crippen MR) is 79.7 cm³/mol. The number of aliphatic hydroxyl groups is 1. The van der Waals surface area contributed by atoms with Gasteiger partial charge in [0.1, 0.15) is 11.8 Å². The molecule has 0 aliphatic carbocycles. The molecule has 0 fully saturated rings. The van der Waals surface area contributed by atoms with E-state index in [1.54, 1.807) is 32.2 Å². The number of aliphatic hydroxyl groups excluding tert-OH is 1. The van der Waals surface area contributed by atoms with Crippen molar-refractivity contribution in [3.63, 3.8) is 0 Å². The molecule has 3 N–H and O–H groups in total. The average Bonchev–Trinajstić information content (AvgIpc) is 2.50. The summed E-state index contributed by atoms with van der Waals surface area (Å²) in [6.07, 6.45) is 3.00. The van der Waals surface area contributed by atoms with Crippen LogP contribution in [0.1, 0.15) is 12.5 Å². The number of carbonyl (C=O) groups is 2. The number of hydrogen-bond donors (Lipinski definition) is 3. The second kappa shape index (κ2) is 8.76. The third kappa shape index (κ3) is 6.09. The van der Waals surface area contributed by atoms with Crippen molar-refractivity contribution in [3.05, 3.63) is 35.9 Å². The highest BCUT2D eigenvalue weighted by atomic mass is 16.5. The van der Waals surface area contributed by atoms with Gasteiger partial charge in [-0.2, -0.15) is 0 Å². The Morgan fingerprint density at radius 3 is 2.57 bits per heavy atom. The maximum atomic E-state index is 11.7. The molecule has 114 valence electrons. The van der Waals surface area contributed by atoms with Gasteiger partial charge in [0, 0.05) is 12.6 Å². The maximum Gasteiger partial charge on any atom is 0.244 e. The number of rotatable bonds is 7. The lowest BCUT2D eigenvalue weighted by Gasteiger charge is -2.12. The molecule has 0 heterocycles. The van der Waals surface area contributed by atoms with Crippen LogP contribution < -0.4 is 15.4 Å². The van der Waals surface area contributed by atoms with Gasteiger partial charge < -0.3 is 20.5 Å². The van der Waals surface area contributed by atoms with Crippen molar-refractivity contribution in [1.82, 2.24) is 10.6 Å². The molecule has 0 spiro atoms. The summed E-state index contributed by atoms with van der Waals surface area (Å²) in [6, 6.07) is 6.56. The first-order valence-electron chi connectivity index (χ1n) is 6.58. The van der Waals surface area contributed by atoms with Crippen molar-refractivity contribution >= 4 is 17.9 Å². The molecule has 6 nitrogen and oxygen atoms in total. The minimum Gasteiger partial charge on any atom is -0.497 e. The standard InChI is InChI=1S/C15H20N2O4/c1-11(15(20)16-9-10-18)17-14(19)8-5-12-3-6-13(21-2)7-4-12/h3-8,11,18H,9-10H2,1-2H3,(H,16,20)(H,17,19)/b8-5+. The van der Waals surface area contributed by atoms with E-state index >= 15 is 0 Å². The molecular formula is C15H20N2O4. The molecule has 0 aliphatic heterocycles. The first-order valence-corrected chi connectivity index (χ1v) is 6.58.